The normalized spacial score (nSPS) is 15.3. The fourth-order valence-corrected chi connectivity index (χ4v) is 3.26. The van der Waals surface area contributed by atoms with Gasteiger partial charge >= 0.3 is 0 Å². The number of nitrogens with zero attached hydrogens (tertiary/aromatic N) is 1. The van der Waals surface area contributed by atoms with Gasteiger partial charge in [0.05, 0.1) is 6.54 Å². The van der Waals surface area contributed by atoms with Crippen LogP contribution in [0.4, 0.5) is 5.69 Å². The molecule has 0 fully saturated rings. The summed E-state index contributed by atoms with van der Waals surface area (Å²) in [6.45, 7) is 4.26. The first kappa shape index (κ1) is 23.7. The van der Waals surface area contributed by atoms with Crippen molar-refractivity contribution in [2.75, 3.05) is 31.5 Å². The lowest BCUT2D eigenvalue weighted by molar-refractivity contribution is -0.116. The second-order valence-corrected chi connectivity index (χ2v) is 6.80. The zero-order valence-corrected chi connectivity index (χ0v) is 19.3. The third-order valence-electron chi connectivity index (χ3n) is 4.66. The Morgan fingerprint density at radius 1 is 1.03 bits per heavy atom. The molecule has 1 aliphatic heterocycles. The summed E-state index contributed by atoms with van der Waals surface area (Å²) in [6.07, 6.45) is 0.424. The van der Waals surface area contributed by atoms with Crippen molar-refractivity contribution in [3.05, 3.63) is 65.7 Å². The zero-order chi connectivity index (χ0) is 20.5. The third-order valence-corrected chi connectivity index (χ3v) is 4.66. The molecule has 4 N–H and O–H groups in total. The van der Waals surface area contributed by atoms with Gasteiger partial charge in [-0.2, -0.15) is 0 Å². The van der Waals surface area contributed by atoms with Gasteiger partial charge in [-0.15, -0.1) is 24.0 Å². The number of nitrogens with one attached hydrogen (secondary N) is 4. The molecule has 8 heteroatoms. The molecule has 1 atom stereocenters. The quantitative estimate of drug-likeness (QED) is 0.195. The number of benzene rings is 2. The van der Waals surface area contributed by atoms with Crippen LogP contribution < -0.4 is 21.3 Å². The van der Waals surface area contributed by atoms with Crippen LogP contribution in [0.5, 0.6) is 0 Å². The molecule has 0 bridgehead atoms. The monoisotopic (exact) mass is 521 g/mol. The fourth-order valence-electron chi connectivity index (χ4n) is 3.26. The number of fused-ring (bicyclic) bond motifs is 1. The van der Waals surface area contributed by atoms with Crippen molar-refractivity contribution in [2.45, 2.75) is 19.3 Å². The van der Waals surface area contributed by atoms with Crippen LogP contribution in [-0.2, 0) is 4.79 Å². The van der Waals surface area contributed by atoms with Gasteiger partial charge in [0.15, 0.2) is 5.96 Å². The summed E-state index contributed by atoms with van der Waals surface area (Å²) >= 11 is 0. The average molecular weight is 521 g/mol. The van der Waals surface area contributed by atoms with Crippen LogP contribution in [0.25, 0.3) is 0 Å². The second kappa shape index (κ2) is 12.2. The molecule has 7 nitrogen and oxygen atoms in total. The predicted molar refractivity (Wildman–Crippen MR) is 131 cm³/mol. The van der Waals surface area contributed by atoms with Crippen LogP contribution in [0, 0.1) is 0 Å². The Morgan fingerprint density at radius 3 is 2.50 bits per heavy atom. The van der Waals surface area contributed by atoms with E-state index in [1.807, 2.05) is 49.4 Å². The number of guanidine groups is 1. The van der Waals surface area contributed by atoms with Gasteiger partial charge < -0.3 is 21.3 Å². The number of aliphatic imine (C=N–C) groups is 1. The number of rotatable bonds is 7. The van der Waals surface area contributed by atoms with Gasteiger partial charge in [-0.3, -0.25) is 14.6 Å². The molecule has 160 valence electrons. The van der Waals surface area contributed by atoms with E-state index in [9.17, 15) is 9.59 Å². The lowest BCUT2D eigenvalue weighted by atomic mass is 9.91. The number of carbonyl (C=O) groups excluding carboxylic acids is 2. The van der Waals surface area contributed by atoms with Crippen molar-refractivity contribution in [3.63, 3.8) is 0 Å². The minimum absolute atomic E-state index is 0. The van der Waals surface area contributed by atoms with Gasteiger partial charge in [0.1, 0.15) is 0 Å². The number of carbonyl (C=O) groups is 2. The molecule has 30 heavy (non-hydrogen) atoms. The molecule has 0 aromatic heterocycles. The molecule has 0 saturated heterocycles. The van der Waals surface area contributed by atoms with E-state index in [-0.39, 0.29) is 41.7 Å². The van der Waals surface area contributed by atoms with E-state index in [4.69, 9.17) is 0 Å². The van der Waals surface area contributed by atoms with E-state index in [1.54, 1.807) is 12.1 Å². The van der Waals surface area contributed by atoms with Crippen LogP contribution in [-0.4, -0.2) is 44.0 Å². The van der Waals surface area contributed by atoms with E-state index in [0.29, 0.717) is 37.6 Å². The van der Waals surface area contributed by atoms with Gasteiger partial charge in [-0.05, 0) is 30.7 Å². The summed E-state index contributed by atoms with van der Waals surface area (Å²) < 4.78 is 0. The topological polar surface area (TPSA) is 94.6 Å². The highest BCUT2D eigenvalue weighted by molar-refractivity contribution is 14.0. The predicted octanol–water partition coefficient (Wildman–Crippen LogP) is 2.72. The maximum Gasteiger partial charge on any atom is 0.251 e. The molecule has 1 unspecified atom stereocenters. The van der Waals surface area contributed by atoms with Crippen molar-refractivity contribution in [1.29, 1.82) is 0 Å². The first-order valence-electron chi connectivity index (χ1n) is 9.91. The summed E-state index contributed by atoms with van der Waals surface area (Å²) in [5.41, 5.74) is 2.62. The zero-order valence-electron chi connectivity index (χ0n) is 17.0. The summed E-state index contributed by atoms with van der Waals surface area (Å²) in [4.78, 5) is 28.7. The van der Waals surface area contributed by atoms with E-state index in [2.05, 4.69) is 26.3 Å². The Bertz CT molecular complexity index is 873. The van der Waals surface area contributed by atoms with Crippen molar-refractivity contribution in [2.24, 2.45) is 4.99 Å². The van der Waals surface area contributed by atoms with Gasteiger partial charge in [-0.1, -0.05) is 36.4 Å². The molecule has 0 radical (unpaired) electrons. The Labute approximate surface area is 194 Å². The molecule has 2 aromatic carbocycles. The molecular formula is C22H28IN5O2. The summed E-state index contributed by atoms with van der Waals surface area (Å²) in [6, 6.07) is 17.0. The molecular weight excluding hydrogens is 493 g/mol. The van der Waals surface area contributed by atoms with Crippen LogP contribution in [0.2, 0.25) is 0 Å². The highest BCUT2D eigenvalue weighted by Crippen LogP contribution is 2.31. The molecule has 0 saturated carbocycles. The molecule has 0 spiro atoms. The molecule has 0 aliphatic carbocycles. The number of hydrogen-bond acceptors (Lipinski definition) is 3. The van der Waals surface area contributed by atoms with Crippen LogP contribution in [0.1, 0.15) is 35.2 Å². The standard InChI is InChI=1S/C22H27N5O2.HI/c1-2-23-22(25-13-12-24-21(29)16-8-4-3-5-9-16)26-15-17-14-20(28)27-19-11-7-6-10-18(17)19;/h3-11,17H,2,12-15H2,1H3,(H,24,29)(H,27,28)(H2,23,25,26);1H. The Kier molecular flexibility index (Phi) is 9.59. The van der Waals surface area contributed by atoms with Crippen molar-refractivity contribution in [3.8, 4) is 0 Å². The smallest absolute Gasteiger partial charge is 0.251 e. The van der Waals surface area contributed by atoms with Crippen molar-refractivity contribution >= 4 is 47.4 Å². The van der Waals surface area contributed by atoms with Crippen molar-refractivity contribution < 1.29 is 9.59 Å². The third kappa shape index (κ3) is 6.72. The number of halogens is 1. The molecule has 1 aliphatic rings. The SMILES string of the molecule is CCNC(=NCC1CC(=O)Nc2ccccc21)NCCNC(=O)c1ccccc1.I. The maximum absolute atomic E-state index is 12.1. The van der Waals surface area contributed by atoms with E-state index in [1.165, 1.54) is 0 Å². The van der Waals surface area contributed by atoms with Crippen LogP contribution in [0.15, 0.2) is 59.6 Å². The number of anilines is 1. The Balaban J connectivity index is 0.00000320. The Morgan fingerprint density at radius 2 is 1.73 bits per heavy atom. The average Bonchev–Trinajstić information content (AvgIpc) is 2.75. The van der Waals surface area contributed by atoms with E-state index < -0.39 is 0 Å². The van der Waals surface area contributed by atoms with E-state index in [0.717, 1.165) is 17.8 Å². The first-order chi connectivity index (χ1) is 14.2. The number of para-hydroxylation sites is 1. The summed E-state index contributed by atoms with van der Waals surface area (Å²) in [5, 5.41) is 12.2. The van der Waals surface area contributed by atoms with Crippen LogP contribution >= 0.6 is 24.0 Å². The maximum atomic E-state index is 12.1. The Hall–Kier alpha value is -2.62. The summed E-state index contributed by atoms with van der Waals surface area (Å²) in [5.74, 6) is 0.641. The lowest BCUT2D eigenvalue weighted by Crippen LogP contribution is -2.41. The summed E-state index contributed by atoms with van der Waals surface area (Å²) in [7, 11) is 0. The number of amides is 2. The van der Waals surface area contributed by atoms with Gasteiger partial charge in [0.2, 0.25) is 5.91 Å². The highest BCUT2D eigenvalue weighted by Gasteiger charge is 2.24. The minimum Gasteiger partial charge on any atom is -0.357 e. The molecule has 1 heterocycles. The molecule has 3 rings (SSSR count). The molecule has 2 aromatic rings. The minimum atomic E-state index is -0.0980. The van der Waals surface area contributed by atoms with Gasteiger partial charge in [0, 0.05) is 43.2 Å². The second-order valence-electron chi connectivity index (χ2n) is 6.80. The van der Waals surface area contributed by atoms with Crippen molar-refractivity contribution in [1.82, 2.24) is 16.0 Å². The van der Waals surface area contributed by atoms with Crippen LogP contribution in [0.3, 0.4) is 0 Å². The number of hydrogen-bond donors (Lipinski definition) is 4. The molecule has 2 amide bonds. The van der Waals surface area contributed by atoms with Gasteiger partial charge in [-0.25, -0.2) is 0 Å². The first-order valence-corrected chi connectivity index (χ1v) is 9.91. The van der Waals surface area contributed by atoms with E-state index >= 15 is 0 Å². The van der Waals surface area contributed by atoms with Gasteiger partial charge in [0.25, 0.3) is 5.91 Å². The lowest BCUT2D eigenvalue weighted by Gasteiger charge is -2.24. The highest BCUT2D eigenvalue weighted by atomic mass is 127. The largest absolute Gasteiger partial charge is 0.357 e. The fraction of sp³-hybridized carbons (Fsp3) is 0.318.